The first kappa shape index (κ1) is 20.4. The molecule has 5 heteroatoms. The summed E-state index contributed by atoms with van der Waals surface area (Å²) < 4.78 is 16.8. The summed E-state index contributed by atoms with van der Waals surface area (Å²) in [5.41, 5.74) is 1.41. The molecule has 1 heterocycles. The number of hydrogen-bond acceptors (Lipinski definition) is 5. The molecule has 0 radical (unpaired) electrons. The van der Waals surface area contributed by atoms with E-state index in [2.05, 4.69) is 26.1 Å². The van der Waals surface area contributed by atoms with Crippen LogP contribution in [0.2, 0.25) is 0 Å². The van der Waals surface area contributed by atoms with Crippen molar-refractivity contribution in [1.29, 1.82) is 0 Å². The zero-order valence-electron chi connectivity index (χ0n) is 16.9. The Kier molecular flexibility index (Phi) is 6.70. The third-order valence-corrected chi connectivity index (χ3v) is 4.68. The van der Waals surface area contributed by atoms with Gasteiger partial charge < -0.3 is 14.2 Å². The summed E-state index contributed by atoms with van der Waals surface area (Å²) in [6.45, 7) is 7.07. The van der Waals surface area contributed by atoms with Gasteiger partial charge in [-0.3, -0.25) is 10.1 Å². The van der Waals surface area contributed by atoms with Crippen molar-refractivity contribution >= 4 is 5.78 Å². The highest BCUT2D eigenvalue weighted by atomic mass is 16.7. The first-order chi connectivity index (χ1) is 13.5. The zero-order valence-corrected chi connectivity index (χ0v) is 16.9. The lowest BCUT2D eigenvalue weighted by Gasteiger charge is -2.31. The second-order valence-electron chi connectivity index (χ2n) is 7.73. The Labute approximate surface area is 167 Å². The fraction of sp³-hybridized carbons (Fsp3) is 0.435. The average molecular weight is 383 g/mol. The minimum Gasteiger partial charge on any atom is -0.454 e. The van der Waals surface area contributed by atoms with Gasteiger partial charge in [0.15, 0.2) is 17.7 Å². The van der Waals surface area contributed by atoms with Crippen LogP contribution < -0.4 is 14.8 Å². The molecule has 5 nitrogen and oxygen atoms in total. The summed E-state index contributed by atoms with van der Waals surface area (Å²) in [6, 6.07) is 15.2. The predicted molar refractivity (Wildman–Crippen MR) is 109 cm³/mol. The second kappa shape index (κ2) is 9.22. The summed E-state index contributed by atoms with van der Waals surface area (Å²) in [6.07, 6.45) is 1.98. The molecule has 0 aromatic heterocycles. The van der Waals surface area contributed by atoms with Crippen LogP contribution in [-0.2, 0) is 11.2 Å². The Morgan fingerprint density at radius 3 is 2.64 bits per heavy atom. The molecule has 0 spiro atoms. The quantitative estimate of drug-likeness (QED) is 0.375. The van der Waals surface area contributed by atoms with Crippen LogP contribution in [-0.4, -0.2) is 30.9 Å². The van der Waals surface area contributed by atoms with E-state index in [1.54, 1.807) is 0 Å². The Bertz CT molecular complexity index is 788. The third kappa shape index (κ3) is 5.33. The second-order valence-corrected chi connectivity index (χ2v) is 7.73. The fourth-order valence-electron chi connectivity index (χ4n) is 3.25. The molecule has 0 saturated carbocycles. The van der Waals surface area contributed by atoms with E-state index in [0.29, 0.717) is 12.2 Å². The van der Waals surface area contributed by atoms with Crippen LogP contribution in [0.5, 0.6) is 11.5 Å². The van der Waals surface area contributed by atoms with E-state index >= 15 is 0 Å². The van der Waals surface area contributed by atoms with Crippen molar-refractivity contribution in [3.63, 3.8) is 0 Å². The normalized spacial score (nSPS) is 14.1. The van der Waals surface area contributed by atoms with Gasteiger partial charge in [0.1, 0.15) is 0 Å². The third-order valence-electron chi connectivity index (χ3n) is 4.68. The van der Waals surface area contributed by atoms with Crippen molar-refractivity contribution in [3.05, 3.63) is 59.7 Å². The van der Waals surface area contributed by atoms with Crippen LogP contribution in [0.3, 0.4) is 0 Å². The van der Waals surface area contributed by atoms with Gasteiger partial charge in [-0.25, -0.2) is 0 Å². The number of benzene rings is 2. The molecule has 2 aromatic carbocycles. The van der Waals surface area contributed by atoms with E-state index in [9.17, 15) is 4.79 Å². The van der Waals surface area contributed by atoms with Gasteiger partial charge in [-0.1, -0.05) is 49.7 Å². The molecule has 0 amide bonds. The molecule has 3 rings (SSSR count). The number of hydrogen-bond donors (Lipinski definition) is 1. The Morgan fingerprint density at radius 1 is 1.14 bits per heavy atom. The highest BCUT2D eigenvalue weighted by molar-refractivity contribution is 5.99. The molecular weight excluding hydrogens is 354 g/mol. The number of ether oxygens (including phenoxy) is 3. The van der Waals surface area contributed by atoms with Crippen molar-refractivity contribution in [2.45, 2.75) is 51.8 Å². The van der Waals surface area contributed by atoms with E-state index in [0.717, 1.165) is 36.3 Å². The van der Waals surface area contributed by atoms with E-state index in [4.69, 9.17) is 14.2 Å². The van der Waals surface area contributed by atoms with Crippen molar-refractivity contribution in [2.24, 2.45) is 0 Å². The van der Waals surface area contributed by atoms with Gasteiger partial charge in [0.25, 0.3) is 0 Å². The Morgan fingerprint density at radius 2 is 1.89 bits per heavy atom. The van der Waals surface area contributed by atoms with E-state index in [1.807, 2.05) is 48.5 Å². The van der Waals surface area contributed by atoms with Crippen molar-refractivity contribution < 1.29 is 19.0 Å². The van der Waals surface area contributed by atoms with Crippen LogP contribution >= 0.6 is 0 Å². The maximum atomic E-state index is 13.0. The molecule has 1 N–H and O–H groups in total. The molecule has 2 aromatic rings. The maximum Gasteiger partial charge on any atom is 0.231 e. The molecule has 0 saturated heterocycles. The molecular formula is C23H29NO4. The summed E-state index contributed by atoms with van der Waals surface area (Å²) in [7, 11) is 0. The smallest absolute Gasteiger partial charge is 0.231 e. The Hall–Kier alpha value is -2.37. The number of fused-ring (bicyclic) bond motifs is 1. The standard InChI is InChI=1S/C23H29NO4/c1-4-5-13-26-22(21(25)18-9-7-6-8-10-18)24-23(2,3)15-17-11-12-19-20(14-17)28-16-27-19/h6-12,14,22,24H,4-5,13,15-16H2,1-3H3. The number of rotatable bonds is 10. The molecule has 150 valence electrons. The van der Waals surface area contributed by atoms with Crippen LogP contribution in [0.25, 0.3) is 0 Å². The summed E-state index contributed by atoms with van der Waals surface area (Å²) in [5, 5.41) is 3.42. The van der Waals surface area contributed by atoms with E-state index < -0.39 is 6.23 Å². The molecule has 28 heavy (non-hydrogen) atoms. The highest BCUT2D eigenvalue weighted by Crippen LogP contribution is 2.33. The van der Waals surface area contributed by atoms with Crippen molar-refractivity contribution in [3.8, 4) is 11.5 Å². The first-order valence-electron chi connectivity index (χ1n) is 9.85. The number of unbranched alkanes of at least 4 members (excludes halogenated alkanes) is 1. The van der Waals surface area contributed by atoms with Crippen LogP contribution in [0.15, 0.2) is 48.5 Å². The van der Waals surface area contributed by atoms with Gasteiger partial charge in [0, 0.05) is 17.7 Å². The van der Waals surface area contributed by atoms with E-state index in [-0.39, 0.29) is 18.1 Å². The Balaban J connectivity index is 1.71. The monoisotopic (exact) mass is 383 g/mol. The summed E-state index contributed by atoms with van der Waals surface area (Å²) >= 11 is 0. The zero-order chi connectivity index (χ0) is 20.0. The van der Waals surface area contributed by atoms with Gasteiger partial charge in [-0.15, -0.1) is 0 Å². The SMILES string of the molecule is CCCCOC(NC(C)(C)Cc1ccc2c(c1)OCO2)C(=O)c1ccccc1. The molecule has 1 unspecified atom stereocenters. The van der Waals surface area contributed by atoms with Gasteiger partial charge in [-0.2, -0.15) is 0 Å². The molecule has 1 aliphatic heterocycles. The molecule has 0 fully saturated rings. The minimum absolute atomic E-state index is 0.0459. The average Bonchev–Trinajstić information content (AvgIpc) is 3.15. The van der Waals surface area contributed by atoms with Gasteiger partial charge in [0.05, 0.1) is 0 Å². The molecule has 0 aliphatic carbocycles. The topological polar surface area (TPSA) is 56.8 Å². The van der Waals surface area contributed by atoms with Crippen molar-refractivity contribution in [2.75, 3.05) is 13.4 Å². The first-order valence-corrected chi connectivity index (χ1v) is 9.85. The van der Waals surface area contributed by atoms with Gasteiger partial charge in [0.2, 0.25) is 12.6 Å². The lowest BCUT2D eigenvalue weighted by molar-refractivity contribution is 0.0135. The van der Waals surface area contributed by atoms with Crippen LogP contribution in [0.1, 0.15) is 49.5 Å². The maximum absolute atomic E-state index is 13.0. The number of carbonyl (C=O) groups excluding carboxylic acids is 1. The van der Waals surface area contributed by atoms with Crippen LogP contribution in [0.4, 0.5) is 0 Å². The summed E-state index contributed by atoms with van der Waals surface area (Å²) in [4.78, 5) is 13.0. The van der Waals surface area contributed by atoms with Gasteiger partial charge in [-0.05, 0) is 44.4 Å². The van der Waals surface area contributed by atoms with Crippen LogP contribution in [0, 0.1) is 0 Å². The lowest BCUT2D eigenvalue weighted by atomic mass is 9.94. The minimum atomic E-state index is -0.682. The predicted octanol–water partition coefficient (Wildman–Crippen LogP) is 4.35. The molecule has 1 atom stereocenters. The molecule has 1 aliphatic rings. The number of carbonyl (C=O) groups is 1. The largest absolute Gasteiger partial charge is 0.454 e. The van der Waals surface area contributed by atoms with E-state index in [1.165, 1.54) is 0 Å². The number of nitrogens with one attached hydrogen (secondary N) is 1. The lowest BCUT2D eigenvalue weighted by Crippen LogP contribution is -2.52. The number of ketones is 1. The fourth-order valence-corrected chi connectivity index (χ4v) is 3.25. The molecule has 0 bridgehead atoms. The van der Waals surface area contributed by atoms with Crippen molar-refractivity contribution in [1.82, 2.24) is 5.32 Å². The number of Topliss-reactive ketones (excluding diaryl/α,β-unsaturated/α-hetero) is 1. The summed E-state index contributed by atoms with van der Waals surface area (Å²) in [5.74, 6) is 1.49. The highest BCUT2D eigenvalue weighted by Gasteiger charge is 2.29. The van der Waals surface area contributed by atoms with Gasteiger partial charge >= 0.3 is 0 Å².